The Balaban J connectivity index is 2.49. The van der Waals surface area contributed by atoms with E-state index in [1.807, 2.05) is 24.3 Å². The molecule has 0 spiro atoms. The maximum absolute atomic E-state index is 11.3. The summed E-state index contributed by atoms with van der Waals surface area (Å²) in [7, 11) is -1.66. The van der Waals surface area contributed by atoms with Crippen molar-refractivity contribution in [2.24, 2.45) is 0 Å². The first kappa shape index (κ1) is 12.7. The minimum atomic E-state index is -1.66. The van der Waals surface area contributed by atoms with E-state index in [2.05, 4.69) is 6.07 Å². The minimum Gasteiger partial charge on any atom is -0.478 e. The Hall–Kier alpha value is -2.37. The molecular formula is C15H10BO4. The van der Waals surface area contributed by atoms with Crippen LogP contribution in [0.3, 0.4) is 0 Å². The van der Waals surface area contributed by atoms with E-state index in [9.17, 15) is 19.9 Å². The number of fused-ring (bicyclic) bond motifs is 2. The molecule has 97 valence electrons. The van der Waals surface area contributed by atoms with E-state index in [1.54, 1.807) is 6.07 Å². The van der Waals surface area contributed by atoms with Gasteiger partial charge in [0.25, 0.3) is 0 Å². The Labute approximate surface area is 115 Å². The van der Waals surface area contributed by atoms with Crippen LogP contribution in [0.4, 0.5) is 0 Å². The second-order valence-electron chi connectivity index (χ2n) is 4.53. The van der Waals surface area contributed by atoms with Crippen LogP contribution in [0.1, 0.15) is 10.4 Å². The van der Waals surface area contributed by atoms with E-state index in [-0.39, 0.29) is 11.0 Å². The predicted molar refractivity (Wildman–Crippen MR) is 77.1 cm³/mol. The molecule has 0 bridgehead atoms. The molecule has 0 aromatic heterocycles. The van der Waals surface area contributed by atoms with E-state index in [1.165, 1.54) is 12.1 Å². The maximum atomic E-state index is 11.3. The molecule has 0 aliphatic rings. The number of aromatic carboxylic acids is 1. The Bertz CT molecular complexity index is 827. The Morgan fingerprint density at radius 1 is 1.10 bits per heavy atom. The van der Waals surface area contributed by atoms with Gasteiger partial charge in [0.2, 0.25) is 0 Å². The zero-order chi connectivity index (χ0) is 14.3. The first-order chi connectivity index (χ1) is 9.58. The van der Waals surface area contributed by atoms with Crippen molar-refractivity contribution in [3.63, 3.8) is 0 Å². The minimum absolute atomic E-state index is 0.0927. The Morgan fingerprint density at radius 2 is 1.85 bits per heavy atom. The average Bonchev–Trinajstić information content (AvgIpc) is 2.43. The highest BCUT2D eigenvalue weighted by Gasteiger charge is 2.19. The van der Waals surface area contributed by atoms with Crippen LogP contribution >= 0.6 is 0 Å². The third kappa shape index (κ3) is 1.93. The van der Waals surface area contributed by atoms with Crippen LogP contribution < -0.4 is 5.46 Å². The monoisotopic (exact) mass is 265 g/mol. The molecule has 0 atom stereocenters. The zero-order valence-corrected chi connectivity index (χ0v) is 10.4. The average molecular weight is 265 g/mol. The molecule has 3 rings (SSSR count). The fourth-order valence-corrected chi connectivity index (χ4v) is 2.36. The van der Waals surface area contributed by atoms with Gasteiger partial charge in [-0.25, -0.2) is 4.79 Å². The highest BCUT2D eigenvalue weighted by atomic mass is 16.4. The van der Waals surface area contributed by atoms with Gasteiger partial charge in [-0.3, -0.25) is 0 Å². The molecule has 0 saturated carbocycles. The van der Waals surface area contributed by atoms with Gasteiger partial charge in [-0.1, -0.05) is 30.3 Å². The SMILES string of the molecule is O=C(O)c1ccc(B(O)O)c2cc3ccccc3[c]c12. The number of carboxylic acid groups (broad SMARTS) is 1. The summed E-state index contributed by atoms with van der Waals surface area (Å²) in [5, 5.41) is 30.6. The lowest BCUT2D eigenvalue weighted by Crippen LogP contribution is -2.30. The highest BCUT2D eigenvalue weighted by molar-refractivity contribution is 6.62. The lowest BCUT2D eigenvalue weighted by molar-refractivity contribution is 0.0699. The summed E-state index contributed by atoms with van der Waals surface area (Å²) in [4.78, 5) is 11.3. The quantitative estimate of drug-likeness (QED) is 0.480. The van der Waals surface area contributed by atoms with Gasteiger partial charge < -0.3 is 15.2 Å². The second-order valence-corrected chi connectivity index (χ2v) is 4.53. The molecule has 3 N–H and O–H groups in total. The van der Waals surface area contributed by atoms with Gasteiger partial charge >= 0.3 is 13.1 Å². The van der Waals surface area contributed by atoms with Crippen molar-refractivity contribution in [2.45, 2.75) is 0 Å². The molecule has 0 saturated heterocycles. The smallest absolute Gasteiger partial charge is 0.478 e. The third-order valence-corrected chi connectivity index (χ3v) is 3.31. The summed E-state index contributed by atoms with van der Waals surface area (Å²) in [6.45, 7) is 0. The summed E-state index contributed by atoms with van der Waals surface area (Å²) >= 11 is 0. The van der Waals surface area contributed by atoms with Crippen molar-refractivity contribution < 1.29 is 19.9 Å². The van der Waals surface area contributed by atoms with Crippen molar-refractivity contribution in [3.8, 4) is 0 Å². The number of carbonyl (C=O) groups is 1. The normalized spacial score (nSPS) is 10.9. The van der Waals surface area contributed by atoms with Crippen molar-refractivity contribution >= 4 is 40.1 Å². The number of hydrogen-bond donors (Lipinski definition) is 3. The molecule has 1 radical (unpaired) electrons. The first-order valence-corrected chi connectivity index (χ1v) is 6.05. The number of carboxylic acids is 1. The van der Waals surface area contributed by atoms with Crippen molar-refractivity contribution in [2.75, 3.05) is 0 Å². The molecule has 0 amide bonds. The van der Waals surface area contributed by atoms with Crippen LogP contribution in [-0.4, -0.2) is 28.2 Å². The molecule has 0 unspecified atom stereocenters. The van der Waals surface area contributed by atoms with Gasteiger partial charge in [0.1, 0.15) is 0 Å². The van der Waals surface area contributed by atoms with E-state index >= 15 is 0 Å². The summed E-state index contributed by atoms with van der Waals surface area (Å²) in [6.07, 6.45) is 0. The fraction of sp³-hybridized carbons (Fsp3) is 0. The van der Waals surface area contributed by atoms with E-state index in [0.29, 0.717) is 10.8 Å². The summed E-state index contributed by atoms with van der Waals surface area (Å²) < 4.78 is 0. The molecule has 4 nitrogen and oxygen atoms in total. The van der Waals surface area contributed by atoms with Crippen molar-refractivity contribution in [1.29, 1.82) is 0 Å². The van der Waals surface area contributed by atoms with Gasteiger partial charge in [-0.15, -0.1) is 0 Å². The van der Waals surface area contributed by atoms with E-state index < -0.39 is 13.1 Å². The predicted octanol–water partition coefficient (Wildman–Crippen LogP) is 1.17. The molecule has 0 aliphatic carbocycles. The molecule has 3 aromatic carbocycles. The Kier molecular flexibility index (Phi) is 2.93. The topological polar surface area (TPSA) is 77.8 Å². The number of benzene rings is 3. The van der Waals surface area contributed by atoms with Crippen LogP contribution in [0.15, 0.2) is 42.5 Å². The van der Waals surface area contributed by atoms with Crippen LogP contribution in [0.2, 0.25) is 0 Å². The van der Waals surface area contributed by atoms with Gasteiger partial charge in [0, 0.05) is 5.39 Å². The van der Waals surface area contributed by atoms with Crippen molar-refractivity contribution in [3.05, 3.63) is 54.1 Å². The molecule has 0 heterocycles. The standard InChI is InChI=1S/C15H10BO4/c17-15(18)11-5-6-14(16(19)20)13-8-10-4-2-1-3-9(10)7-12(11)13/h1-6,8,19-20H,(H,17,18). The number of rotatable bonds is 2. The highest BCUT2D eigenvalue weighted by Crippen LogP contribution is 2.24. The fourth-order valence-electron chi connectivity index (χ4n) is 2.36. The number of hydrogen-bond acceptors (Lipinski definition) is 3. The molecular weight excluding hydrogens is 255 g/mol. The van der Waals surface area contributed by atoms with Crippen LogP contribution in [0.5, 0.6) is 0 Å². The zero-order valence-electron chi connectivity index (χ0n) is 10.4. The molecule has 20 heavy (non-hydrogen) atoms. The van der Waals surface area contributed by atoms with Gasteiger partial charge in [-0.05, 0) is 39.8 Å². The van der Waals surface area contributed by atoms with Crippen LogP contribution in [0, 0.1) is 6.07 Å². The van der Waals surface area contributed by atoms with Gasteiger partial charge in [0.15, 0.2) is 0 Å². The molecule has 0 fully saturated rings. The summed E-state index contributed by atoms with van der Waals surface area (Å²) in [5.74, 6) is -1.07. The Morgan fingerprint density at radius 3 is 2.55 bits per heavy atom. The van der Waals surface area contributed by atoms with E-state index in [0.717, 1.165) is 10.8 Å². The molecule has 0 aliphatic heterocycles. The summed E-state index contributed by atoms with van der Waals surface area (Å²) in [5.41, 5.74) is 0.363. The lowest BCUT2D eigenvalue weighted by atomic mass is 9.76. The second kappa shape index (κ2) is 4.63. The maximum Gasteiger partial charge on any atom is 0.489 e. The van der Waals surface area contributed by atoms with Crippen LogP contribution in [0.25, 0.3) is 21.5 Å². The van der Waals surface area contributed by atoms with E-state index in [4.69, 9.17) is 0 Å². The molecule has 5 heteroatoms. The largest absolute Gasteiger partial charge is 0.489 e. The lowest BCUT2D eigenvalue weighted by Gasteiger charge is -2.10. The van der Waals surface area contributed by atoms with Crippen molar-refractivity contribution in [1.82, 2.24) is 0 Å². The third-order valence-electron chi connectivity index (χ3n) is 3.31. The summed E-state index contributed by atoms with van der Waals surface area (Å²) in [6, 6.07) is 15.0. The van der Waals surface area contributed by atoms with Gasteiger partial charge in [-0.2, -0.15) is 0 Å². The molecule has 3 aromatic rings. The first-order valence-electron chi connectivity index (χ1n) is 6.05. The van der Waals surface area contributed by atoms with Gasteiger partial charge in [0.05, 0.1) is 5.56 Å². The van der Waals surface area contributed by atoms with Crippen LogP contribution in [-0.2, 0) is 0 Å².